The van der Waals surface area contributed by atoms with Crippen molar-refractivity contribution in [3.8, 4) is 0 Å². The maximum Gasteiger partial charge on any atom is 0.126 e. The molecule has 2 N–H and O–H groups in total. The number of nitrogens with one attached hydrogen (secondary N) is 1. The van der Waals surface area contributed by atoms with E-state index in [4.69, 9.17) is 0 Å². The van der Waals surface area contributed by atoms with Crippen molar-refractivity contribution in [3.63, 3.8) is 0 Å². The number of hydrogen-bond donors (Lipinski definition) is 2. The molecule has 0 fully saturated rings. The highest BCUT2D eigenvalue weighted by Gasteiger charge is 2.18. The van der Waals surface area contributed by atoms with Crippen molar-refractivity contribution >= 4 is 0 Å². The fourth-order valence-electron chi connectivity index (χ4n) is 1.24. The number of nitrogens with zero attached hydrogens (tertiary/aromatic N) is 1. The summed E-state index contributed by atoms with van der Waals surface area (Å²) in [7, 11) is 0. The van der Waals surface area contributed by atoms with E-state index in [1.54, 1.807) is 6.08 Å². The Balaban J connectivity index is 0. The predicted molar refractivity (Wildman–Crippen MR) is 71.3 cm³/mol. The van der Waals surface area contributed by atoms with Crippen LogP contribution in [0.15, 0.2) is 24.4 Å². The molecule has 0 aliphatic carbocycles. The maximum absolute atomic E-state index is 9.93. The zero-order chi connectivity index (χ0) is 13.0. The standard InChI is InChI=1S/C11H23N2O.C2H6/c1-5-8-11(4)12-9-10-13(14,6-2)7-3;1-2/h5,8,12,14H,1,6-7,9-10H2,2-4H3;1-2H3/q+1;/b11-8+;. The third-order valence-corrected chi connectivity index (χ3v) is 2.48. The molecule has 3 nitrogen and oxygen atoms in total. The zero-order valence-corrected chi connectivity index (χ0v) is 11.6. The molecule has 0 unspecified atom stereocenters. The van der Waals surface area contributed by atoms with Crippen molar-refractivity contribution < 1.29 is 9.85 Å². The van der Waals surface area contributed by atoms with Crippen LogP contribution < -0.4 is 5.32 Å². The van der Waals surface area contributed by atoms with Gasteiger partial charge in [0.2, 0.25) is 0 Å². The molecule has 0 amide bonds. The quantitative estimate of drug-likeness (QED) is 0.400. The second-order valence-electron chi connectivity index (χ2n) is 3.46. The largest absolute Gasteiger partial charge is 0.383 e. The first-order valence-electron chi connectivity index (χ1n) is 6.20. The first kappa shape index (κ1) is 17.6. The minimum absolute atomic E-state index is 0.133. The molecule has 16 heavy (non-hydrogen) atoms. The van der Waals surface area contributed by atoms with E-state index >= 15 is 0 Å². The molecule has 0 saturated carbocycles. The van der Waals surface area contributed by atoms with Crippen LogP contribution >= 0.6 is 0 Å². The van der Waals surface area contributed by atoms with Gasteiger partial charge < -0.3 is 5.32 Å². The van der Waals surface area contributed by atoms with Crippen molar-refractivity contribution in [2.75, 3.05) is 26.2 Å². The van der Waals surface area contributed by atoms with Gasteiger partial charge >= 0.3 is 0 Å². The van der Waals surface area contributed by atoms with E-state index in [0.717, 1.165) is 31.9 Å². The van der Waals surface area contributed by atoms with Crippen LogP contribution in [0, 0.1) is 0 Å². The molecule has 0 heterocycles. The molecule has 96 valence electrons. The lowest BCUT2D eigenvalue weighted by atomic mass is 10.4. The topological polar surface area (TPSA) is 32.3 Å². The zero-order valence-electron chi connectivity index (χ0n) is 11.6. The number of hydroxylamine groups is 3. The van der Waals surface area contributed by atoms with Gasteiger partial charge in [-0.1, -0.05) is 26.5 Å². The molecule has 3 heteroatoms. The molecular weight excluding hydrogens is 200 g/mol. The van der Waals surface area contributed by atoms with Gasteiger partial charge in [-0.2, -0.15) is 4.65 Å². The van der Waals surface area contributed by atoms with Gasteiger partial charge in [-0.05, 0) is 26.8 Å². The Kier molecular flexibility index (Phi) is 11.8. The number of hydrogen-bond acceptors (Lipinski definition) is 2. The number of likely N-dealkylation sites (N-methyl/N-ethyl adjacent to an activating group) is 1. The van der Waals surface area contributed by atoms with Gasteiger partial charge in [0.15, 0.2) is 0 Å². The van der Waals surface area contributed by atoms with Crippen molar-refractivity contribution in [3.05, 3.63) is 24.4 Å². The summed E-state index contributed by atoms with van der Waals surface area (Å²) in [6.07, 6.45) is 3.67. The van der Waals surface area contributed by atoms with E-state index in [2.05, 4.69) is 11.9 Å². The first-order chi connectivity index (χ1) is 7.58. The average Bonchev–Trinajstić information content (AvgIpc) is 2.32. The Labute approximate surface area is 101 Å². The molecule has 0 aromatic carbocycles. The van der Waals surface area contributed by atoms with Crippen LogP contribution in [-0.4, -0.2) is 36.0 Å². The second kappa shape index (κ2) is 10.7. The van der Waals surface area contributed by atoms with Crippen LogP contribution in [0.3, 0.4) is 0 Å². The van der Waals surface area contributed by atoms with Gasteiger partial charge in [0, 0.05) is 5.70 Å². The second-order valence-corrected chi connectivity index (χ2v) is 3.46. The van der Waals surface area contributed by atoms with Gasteiger partial charge in [0.05, 0.1) is 6.54 Å². The van der Waals surface area contributed by atoms with Crippen molar-refractivity contribution in [1.82, 2.24) is 5.32 Å². The first-order valence-corrected chi connectivity index (χ1v) is 6.20. The van der Waals surface area contributed by atoms with E-state index in [9.17, 15) is 5.21 Å². The Morgan fingerprint density at radius 2 is 1.81 bits per heavy atom. The van der Waals surface area contributed by atoms with Gasteiger partial charge in [-0.3, -0.25) is 0 Å². The molecular formula is C13H29N2O+. The minimum atomic E-state index is 0.133. The van der Waals surface area contributed by atoms with E-state index in [0.29, 0.717) is 0 Å². The van der Waals surface area contributed by atoms with Gasteiger partial charge in [0.25, 0.3) is 0 Å². The van der Waals surface area contributed by atoms with Crippen LogP contribution in [0.4, 0.5) is 0 Å². The summed E-state index contributed by atoms with van der Waals surface area (Å²) in [6.45, 7) is 16.6. The van der Waals surface area contributed by atoms with Crippen LogP contribution in [-0.2, 0) is 0 Å². The lowest BCUT2D eigenvalue weighted by Crippen LogP contribution is -2.48. The van der Waals surface area contributed by atoms with Crippen molar-refractivity contribution in [1.29, 1.82) is 0 Å². The molecule has 0 aromatic rings. The lowest BCUT2D eigenvalue weighted by molar-refractivity contribution is -1.10. The smallest absolute Gasteiger partial charge is 0.126 e. The SMILES string of the molecule is C=C/C=C(\C)NCC[N+](O)(CC)CC.CC. The highest BCUT2D eigenvalue weighted by molar-refractivity contribution is 5.05. The fourth-order valence-corrected chi connectivity index (χ4v) is 1.24. The molecule has 0 saturated heterocycles. The molecule has 0 bridgehead atoms. The summed E-state index contributed by atoms with van der Waals surface area (Å²) in [4.78, 5) is 0. The third-order valence-electron chi connectivity index (χ3n) is 2.48. The van der Waals surface area contributed by atoms with Crippen LogP contribution in [0.2, 0.25) is 0 Å². The molecule has 0 rings (SSSR count). The van der Waals surface area contributed by atoms with Gasteiger partial charge in [-0.15, -0.1) is 0 Å². The fraction of sp³-hybridized carbons (Fsp3) is 0.692. The van der Waals surface area contributed by atoms with E-state index < -0.39 is 0 Å². The normalized spacial score (nSPS) is 11.5. The summed E-state index contributed by atoms with van der Waals surface area (Å²) in [6, 6.07) is 0. The summed E-state index contributed by atoms with van der Waals surface area (Å²) in [5.74, 6) is 0. The third kappa shape index (κ3) is 8.50. The van der Waals surface area contributed by atoms with Gasteiger partial charge in [-0.25, -0.2) is 5.21 Å². The summed E-state index contributed by atoms with van der Waals surface area (Å²) >= 11 is 0. The number of quaternary nitrogens is 1. The Morgan fingerprint density at radius 1 is 1.31 bits per heavy atom. The lowest BCUT2D eigenvalue weighted by Gasteiger charge is -2.27. The monoisotopic (exact) mass is 229 g/mol. The molecule has 0 spiro atoms. The Morgan fingerprint density at radius 3 is 2.19 bits per heavy atom. The van der Waals surface area contributed by atoms with E-state index in [1.165, 1.54) is 0 Å². The molecule has 0 atom stereocenters. The summed E-state index contributed by atoms with van der Waals surface area (Å²) < 4.78 is 0.133. The summed E-state index contributed by atoms with van der Waals surface area (Å²) in [5.41, 5.74) is 1.08. The summed E-state index contributed by atoms with van der Waals surface area (Å²) in [5, 5.41) is 13.2. The molecule has 0 aromatic heterocycles. The van der Waals surface area contributed by atoms with E-state index in [1.807, 2.05) is 40.7 Å². The van der Waals surface area contributed by atoms with Crippen LogP contribution in [0.5, 0.6) is 0 Å². The Bertz CT molecular complexity index is 196. The number of rotatable bonds is 7. The Hall–Kier alpha value is -0.800. The average molecular weight is 229 g/mol. The van der Waals surface area contributed by atoms with Crippen LogP contribution in [0.25, 0.3) is 0 Å². The van der Waals surface area contributed by atoms with Gasteiger partial charge in [0.1, 0.15) is 19.6 Å². The van der Waals surface area contributed by atoms with Crippen LogP contribution in [0.1, 0.15) is 34.6 Å². The molecule has 0 aliphatic heterocycles. The minimum Gasteiger partial charge on any atom is -0.383 e. The number of allylic oxidation sites excluding steroid dienone is 3. The highest BCUT2D eigenvalue weighted by atomic mass is 16.5. The maximum atomic E-state index is 9.93. The molecule has 0 radical (unpaired) electrons. The molecule has 0 aliphatic rings. The highest BCUT2D eigenvalue weighted by Crippen LogP contribution is 1.99. The predicted octanol–water partition coefficient (Wildman–Crippen LogP) is 2.94. The van der Waals surface area contributed by atoms with Crippen molar-refractivity contribution in [2.24, 2.45) is 0 Å². The van der Waals surface area contributed by atoms with E-state index in [-0.39, 0.29) is 4.65 Å². The van der Waals surface area contributed by atoms with Crippen molar-refractivity contribution in [2.45, 2.75) is 34.6 Å².